The summed E-state index contributed by atoms with van der Waals surface area (Å²) in [6, 6.07) is 8.50. The van der Waals surface area contributed by atoms with Gasteiger partial charge in [0.2, 0.25) is 5.91 Å². The van der Waals surface area contributed by atoms with Crippen molar-refractivity contribution in [3.05, 3.63) is 30.1 Å². The monoisotopic (exact) mass is 500 g/mol. The number of nitrogens with zero attached hydrogens (tertiary/aromatic N) is 4. The van der Waals surface area contributed by atoms with E-state index in [1.165, 1.54) is 5.52 Å². The van der Waals surface area contributed by atoms with Gasteiger partial charge in [-0.2, -0.15) is 0 Å². The summed E-state index contributed by atoms with van der Waals surface area (Å²) in [5.74, 6) is 1.70. The lowest BCUT2D eigenvalue weighted by Crippen LogP contribution is -2.43. The van der Waals surface area contributed by atoms with Gasteiger partial charge in [-0.3, -0.25) is 4.79 Å². The molecule has 2 N–H and O–H groups in total. The third-order valence-corrected chi connectivity index (χ3v) is 4.56. The Hall–Kier alpha value is -1.84. The van der Waals surface area contributed by atoms with Gasteiger partial charge in [-0.05, 0) is 38.8 Å². The molecule has 0 spiro atoms. The molecule has 1 aromatic heterocycles. The first-order valence-corrected chi connectivity index (χ1v) is 9.59. The maximum Gasteiger partial charge on any atom is 0.243 e. The molecule has 156 valence electrons. The highest BCUT2D eigenvalue weighted by molar-refractivity contribution is 14.0. The SMILES string of the molecule is CCC(C)NC(=NCC(=O)N(C)C)NCCCn1c(C)nc2ccccc21.I. The Bertz CT molecular complexity index is 786. The van der Waals surface area contributed by atoms with Gasteiger partial charge < -0.3 is 20.1 Å². The third kappa shape index (κ3) is 6.96. The van der Waals surface area contributed by atoms with Crippen LogP contribution in [0.3, 0.4) is 0 Å². The van der Waals surface area contributed by atoms with Crippen molar-refractivity contribution < 1.29 is 4.79 Å². The van der Waals surface area contributed by atoms with E-state index in [1.807, 2.05) is 25.1 Å². The summed E-state index contributed by atoms with van der Waals surface area (Å²) in [5.41, 5.74) is 2.20. The minimum absolute atomic E-state index is 0. The van der Waals surface area contributed by atoms with E-state index in [0.717, 1.165) is 37.3 Å². The number of imidazole rings is 1. The van der Waals surface area contributed by atoms with Crippen LogP contribution in [0.25, 0.3) is 11.0 Å². The van der Waals surface area contributed by atoms with Crippen LogP contribution < -0.4 is 10.6 Å². The zero-order valence-corrected chi connectivity index (χ0v) is 19.9. The van der Waals surface area contributed by atoms with E-state index in [-0.39, 0.29) is 36.4 Å². The lowest BCUT2D eigenvalue weighted by Gasteiger charge is -2.18. The van der Waals surface area contributed by atoms with Gasteiger partial charge >= 0.3 is 0 Å². The number of aliphatic imine (C=N–C) groups is 1. The largest absolute Gasteiger partial charge is 0.356 e. The maximum atomic E-state index is 11.8. The number of carbonyl (C=O) groups is 1. The summed E-state index contributed by atoms with van der Waals surface area (Å²) >= 11 is 0. The Labute approximate surface area is 185 Å². The molecule has 1 amide bonds. The van der Waals surface area contributed by atoms with E-state index < -0.39 is 0 Å². The van der Waals surface area contributed by atoms with Crippen molar-refractivity contribution in [3.8, 4) is 0 Å². The Morgan fingerprint density at radius 1 is 1.32 bits per heavy atom. The average Bonchev–Trinajstić information content (AvgIpc) is 2.97. The van der Waals surface area contributed by atoms with Gasteiger partial charge in [-0.1, -0.05) is 19.1 Å². The van der Waals surface area contributed by atoms with Crippen LogP contribution in [0.5, 0.6) is 0 Å². The standard InChI is InChI=1S/C20H32N6O.HI/c1-6-15(2)23-20(22-14-19(27)25(4)5)21-12-9-13-26-16(3)24-17-10-7-8-11-18(17)26;/h7-8,10-11,15H,6,9,12-14H2,1-5H3,(H2,21,22,23);1H. The van der Waals surface area contributed by atoms with E-state index in [9.17, 15) is 4.79 Å². The Kier molecular flexibility index (Phi) is 10.3. The van der Waals surface area contributed by atoms with E-state index in [0.29, 0.717) is 12.0 Å². The molecule has 2 aromatic rings. The number of para-hydroxylation sites is 2. The molecule has 8 heteroatoms. The number of carbonyl (C=O) groups excluding carboxylic acids is 1. The predicted molar refractivity (Wildman–Crippen MR) is 126 cm³/mol. The van der Waals surface area contributed by atoms with Crippen LogP contribution >= 0.6 is 24.0 Å². The zero-order chi connectivity index (χ0) is 19.8. The summed E-state index contributed by atoms with van der Waals surface area (Å²) in [5, 5.41) is 6.69. The lowest BCUT2D eigenvalue weighted by atomic mass is 10.3. The van der Waals surface area contributed by atoms with Crippen molar-refractivity contribution in [3.63, 3.8) is 0 Å². The highest BCUT2D eigenvalue weighted by atomic mass is 127. The Morgan fingerprint density at radius 3 is 2.71 bits per heavy atom. The molecule has 0 fully saturated rings. The summed E-state index contributed by atoms with van der Waals surface area (Å²) in [6.07, 6.45) is 1.92. The van der Waals surface area contributed by atoms with Gasteiger partial charge in [-0.25, -0.2) is 9.98 Å². The second kappa shape index (κ2) is 11.9. The number of aromatic nitrogens is 2. The van der Waals surface area contributed by atoms with Crippen molar-refractivity contribution in [1.82, 2.24) is 25.1 Å². The third-order valence-electron chi connectivity index (χ3n) is 4.56. The summed E-state index contributed by atoms with van der Waals surface area (Å²) in [4.78, 5) is 22.4. The number of benzene rings is 1. The maximum absolute atomic E-state index is 11.8. The number of aryl methyl sites for hydroxylation is 2. The smallest absolute Gasteiger partial charge is 0.243 e. The van der Waals surface area contributed by atoms with Gasteiger partial charge in [0.25, 0.3) is 0 Å². The minimum atomic E-state index is -0.0132. The van der Waals surface area contributed by atoms with Crippen LogP contribution in [0.15, 0.2) is 29.3 Å². The van der Waals surface area contributed by atoms with Crippen LogP contribution in [0, 0.1) is 6.92 Å². The van der Waals surface area contributed by atoms with Crippen LogP contribution in [0.4, 0.5) is 0 Å². The highest BCUT2D eigenvalue weighted by Crippen LogP contribution is 2.15. The fraction of sp³-hybridized carbons (Fsp3) is 0.550. The number of halogens is 1. The van der Waals surface area contributed by atoms with Crippen molar-refractivity contribution in [2.75, 3.05) is 27.2 Å². The first-order valence-electron chi connectivity index (χ1n) is 9.59. The molecular weight excluding hydrogens is 467 g/mol. The molecule has 1 heterocycles. The van der Waals surface area contributed by atoms with Crippen molar-refractivity contribution in [1.29, 1.82) is 0 Å². The summed E-state index contributed by atoms with van der Waals surface area (Å²) in [7, 11) is 3.48. The normalized spacial score (nSPS) is 12.4. The van der Waals surface area contributed by atoms with Crippen LogP contribution in [-0.2, 0) is 11.3 Å². The molecule has 2 rings (SSSR count). The molecule has 0 radical (unpaired) electrons. The number of amides is 1. The molecule has 1 atom stereocenters. The molecule has 1 aromatic carbocycles. The van der Waals surface area contributed by atoms with Crippen LogP contribution in [0.1, 0.15) is 32.5 Å². The number of fused-ring (bicyclic) bond motifs is 1. The van der Waals surface area contributed by atoms with E-state index in [2.05, 4.69) is 45.1 Å². The molecule has 1 unspecified atom stereocenters. The number of rotatable bonds is 8. The number of guanidine groups is 1. The molecule has 0 aliphatic heterocycles. The summed E-state index contributed by atoms with van der Waals surface area (Å²) < 4.78 is 2.24. The molecule has 0 saturated carbocycles. The van der Waals surface area contributed by atoms with Gasteiger partial charge in [0, 0.05) is 33.2 Å². The number of hydrogen-bond donors (Lipinski definition) is 2. The molecule has 28 heavy (non-hydrogen) atoms. The molecule has 0 saturated heterocycles. The Morgan fingerprint density at radius 2 is 2.04 bits per heavy atom. The Balaban J connectivity index is 0.00000392. The minimum Gasteiger partial charge on any atom is -0.356 e. The van der Waals surface area contributed by atoms with Crippen LogP contribution in [0.2, 0.25) is 0 Å². The topological polar surface area (TPSA) is 74.6 Å². The van der Waals surface area contributed by atoms with Gasteiger partial charge in [-0.15, -0.1) is 24.0 Å². The molecule has 0 aliphatic carbocycles. The number of likely N-dealkylation sites (N-methyl/N-ethyl adjacent to an activating group) is 1. The second-order valence-electron chi connectivity index (χ2n) is 6.99. The molecule has 0 aliphatic rings. The molecule has 7 nitrogen and oxygen atoms in total. The first-order chi connectivity index (χ1) is 12.9. The molecule has 0 bridgehead atoms. The van der Waals surface area contributed by atoms with Crippen molar-refractivity contribution in [2.45, 2.75) is 46.2 Å². The van der Waals surface area contributed by atoms with E-state index >= 15 is 0 Å². The first kappa shape index (κ1) is 24.2. The predicted octanol–water partition coefficient (Wildman–Crippen LogP) is 2.77. The van der Waals surface area contributed by atoms with Gasteiger partial charge in [0.15, 0.2) is 5.96 Å². The second-order valence-corrected chi connectivity index (χ2v) is 6.99. The fourth-order valence-electron chi connectivity index (χ4n) is 2.70. The summed E-state index contributed by atoms with van der Waals surface area (Å²) in [6.45, 7) is 8.05. The number of hydrogen-bond acceptors (Lipinski definition) is 3. The van der Waals surface area contributed by atoms with E-state index in [1.54, 1.807) is 19.0 Å². The van der Waals surface area contributed by atoms with E-state index in [4.69, 9.17) is 0 Å². The van der Waals surface area contributed by atoms with Crippen molar-refractivity contribution >= 4 is 46.9 Å². The molecular formula is C20H33IN6O. The zero-order valence-electron chi connectivity index (χ0n) is 17.5. The lowest BCUT2D eigenvalue weighted by molar-refractivity contribution is -0.127. The van der Waals surface area contributed by atoms with Gasteiger partial charge in [0.05, 0.1) is 11.0 Å². The highest BCUT2D eigenvalue weighted by Gasteiger charge is 2.08. The average molecular weight is 500 g/mol. The fourth-order valence-corrected chi connectivity index (χ4v) is 2.70. The number of nitrogens with one attached hydrogen (secondary N) is 2. The van der Waals surface area contributed by atoms with Gasteiger partial charge in [0.1, 0.15) is 12.4 Å². The van der Waals surface area contributed by atoms with Crippen LogP contribution in [-0.4, -0.2) is 59.5 Å². The van der Waals surface area contributed by atoms with Crippen molar-refractivity contribution in [2.24, 2.45) is 4.99 Å². The quantitative estimate of drug-likeness (QED) is 0.253.